The number of benzene rings is 1. The standard InChI is InChI=1S/C17H20N2OS/c1-10-6-7-15(11(2)8-10)16(20)9-21-17-18-13(4)12(3)14(5)19-17/h6-8H,9H2,1-5H3. The number of ketones is 1. The molecule has 0 spiro atoms. The molecular formula is C17H20N2OS. The molecule has 0 saturated carbocycles. The van der Waals surface area contributed by atoms with Crippen molar-refractivity contribution in [3.63, 3.8) is 0 Å². The molecule has 0 N–H and O–H groups in total. The molecule has 2 rings (SSSR count). The number of hydrogen-bond acceptors (Lipinski definition) is 4. The first-order valence-electron chi connectivity index (χ1n) is 6.93. The van der Waals surface area contributed by atoms with Crippen LogP contribution in [0.4, 0.5) is 0 Å². The van der Waals surface area contributed by atoms with Gasteiger partial charge in [0.2, 0.25) is 0 Å². The Kier molecular flexibility index (Phi) is 4.78. The van der Waals surface area contributed by atoms with Crippen molar-refractivity contribution in [2.24, 2.45) is 0 Å². The van der Waals surface area contributed by atoms with Crippen LogP contribution < -0.4 is 0 Å². The number of carbonyl (C=O) groups excluding carboxylic acids is 1. The molecule has 1 aromatic heterocycles. The summed E-state index contributed by atoms with van der Waals surface area (Å²) in [6.45, 7) is 9.96. The van der Waals surface area contributed by atoms with E-state index in [0.29, 0.717) is 10.9 Å². The molecule has 0 aliphatic carbocycles. The molecule has 3 nitrogen and oxygen atoms in total. The second-order valence-electron chi connectivity index (χ2n) is 5.33. The van der Waals surface area contributed by atoms with Gasteiger partial charge in [-0.1, -0.05) is 35.5 Å². The zero-order valence-corrected chi connectivity index (χ0v) is 14.0. The van der Waals surface area contributed by atoms with Gasteiger partial charge in [-0.25, -0.2) is 9.97 Å². The third-order valence-electron chi connectivity index (χ3n) is 3.63. The monoisotopic (exact) mass is 300 g/mol. The first-order valence-corrected chi connectivity index (χ1v) is 7.92. The fourth-order valence-electron chi connectivity index (χ4n) is 2.14. The summed E-state index contributed by atoms with van der Waals surface area (Å²) >= 11 is 1.40. The highest BCUT2D eigenvalue weighted by Gasteiger charge is 2.12. The lowest BCUT2D eigenvalue weighted by atomic mass is 10.0. The van der Waals surface area contributed by atoms with Gasteiger partial charge >= 0.3 is 0 Å². The number of nitrogens with zero attached hydrogens (tertiary/aromatic N) is 2. The number of hydrogen-bond donors (Lipinski definition) is 0. The Morgan fingerprint density at radius 2 is 1.67 bits per heavy atom. The second kappa shape index (κ2) is 6.39. The molecule has 0 saturated heterocycles. The predicted octanol–water partition coefficient (Wildman–Crippen LogP) is 3.99. The number of aryl methyl sites for hydroxylation is 4. The molecule has 110 valence electrons. The van der Waals surface area contributed by atoms with E-state index in [9.17, 15) is 4.79 Å². The Balaban J connectivity index is 2.11. The van der Waals surface area contributed by atoms with Crippen LogP contribution >= 0.6 is 11.8 Å². The van der Waals surface area contributed by atoms with Gasteiger partial charge in [-0.05, 0) is 45.7 Å². The smallest absolute Gasteiger partial charge is 0.188 e. The van der Waals surface area contributed by atoms with Gasteiger partial charge in [0, 0.05) is 17.0 Å². The highest BCUT2D eigenvalue weighted by atomic mass is 32.2. The molecular weight excluding hydrogens is 280 g/mol. The summed E-state index contributed by atoms with van der Waals surface area (Å²) in [5, 5.41) is 0.675. The van der Waals surface area contributed by atoms with Crippen molar-refractivity contribution >= 4 is 17.5 Å². The van der Waals surface area contributed by atoms with Crippen molar-refractivity contribution in [1.29, 1.82) is 0 Å². The van der Waals surface area contributed by atoms with Crippen molar-refractivity contribution in [3.05, 3.63) is 51.8 Å². The van der Waals surface area contributed by atoms with E-state index < -0.39 is 0 Å². The molecule has 0 aliphatic rings. The molecule has 0 bridgehead atoms. The Labute approximate surface area is 130 Å². The van der Waals surface area contributed by atoms with Crippen LogP contribution in [-0.2, 0) is 0 Å². The Hall–Kier alpha value is -1.68. The minimum absolute atomic E-state index is 0.122. The van der Waals surface area contributed by atoms with E-state index in [1.807, 2.05) is 52.8 Å². The number of carbonyl (C=O) groups is 1. The largest absolute Gasteiger partial charge is 0.293 e. The molecule has 4 heteroatoms. The summed E-state index contributed by atoms with van der Waals surface area (Å²) in [7, 11) is 0. The van der Waals surface area contributed by atoms with E-state index in [1.54, 1.807) is 0 Å². The summed E-state index contributed by atoms with van der Waals surface area (Å²) in [5.41, 5.74) is 6.05. The van der Waals surface area contributed by atoms with Crippen LogP contribution in [0.2, 0.25) is 0 Å². The van der Waals surface area contributed by atoms with Crippen LogP contribution in [0.3, 0.4) is 0 Å². The first-order chi connectivity index (χ1) is 9.88. The summed E-state index contributed by atoms with van der Waals surface area (Å²) in [5.74, 6) is 0.489. The van der Waals surface area contributed by atoms with Crippen molar-refractivity contribution in [1.82, 2.24) is 9.97 Å². The van der Waals surface area contributed by atoms with Crippen LogP contribution in [0.15, 0.2) is 23.4 Å². The highest BCUT2D eigenvalue weighted by Crippen LogP contribution is 2.20. The fraction of sp³-hybridized carbons (Fsp3) is 0.353. The normalized spacial score (nSPS) is 10.7. The lowest BCUT2D eigenvalue weighted by molar-refractivity contribution is 0.102. The minimum Gasteiger partial charge on any atom is -0.293 e. The maximum atomic E-state index is 12.3. The van der Waals surface area contributed by atoms with Gasteiger partial charge in [0.05, 0.1) is 5.75 Å². The number of thioether (sulfide) groups is 1. The van der Waals surface area contributed by atoms with Gasteiger partial charge in [-0.15, -0.1) is 0 Å². The van der Waals surface area contributed by atoms with Crippen molar-refractivity contribution in [3.8, 4) is 0 Å². The summed E-state index contributed by atoms with van der Waals surface area (Å²) in [4.78, 5) is 21.2. The van der Waals surface area contributed by atoms with E-state index >= 15 is 0 Å². The summed E-state index contributed by atoms with van der Waals surface area (Å²) in [6.07, 6.45) is 0. The van der Waals surface area contributed by atoms with E-state index in [0.717, 1.165) is 28.1 Å². The first kappa shape index (κ1) is 15.7. The van der Waals surface area contributed by atoms with Gasteiger partial charge in [-0.3, -0.25) is 4.79 Å². The van der Waals surface area contributed by atoms with Gasteiger partial charge in [0.1, 0.15) is 0 Å². The van der Waals surface area contributed by atoms with Gasteiger partial charge in [0.15, 0.2) is 10.9 Å². The predicted molar refractivity (Wildman–Crippen MR) is 87.2 cm³/mol. The zero-order chi connectivity index (χ0) is 15.6. The molecule has 0 fully saturated rings. The number of aromatic nitrogens is 2. The summed E-state index contributed by atoms with van der Waals surface area (Å²) < 4.78 is 0. The molecule has 21 heavy (non-hydrogen) atoms. The number of Topliss-reactive ketones (excluding diaryl/α,β-unsaturated/α-hetero) is 1. The van der Waals surface area contributed by atoms with E-state index in [1.165, 1.54) is 17.3 Å². The molecule has 0 radical (unpaired) electrons. The topological polar surface area (TPSA) is 42.9 Å². The zero-order valence-electron chi connectivity index (χ0n) is 13.2. The van der Waals surface area contributed by atoms with Crippen LogP contribution in [0.1, 0.15) is 38.4 Å². The van der Waals surface area contributed by atoms with Crippen molar-refractivity contribution in [2.75, 3.05) is 5.75 Å². The van der Waals surface area contributed by atoms with E-state index in [4.69, 9.17) is 0 Å². The Morgan fingerprint density at radius 1 is 1.05 bits per heavy atom. The maximum absolute atomic E-state index is 12.3. The molecule has 0 aliphatic heterocycles. The quantitative estimate of drug-likeness (QED) is 0.486. The lowest BCUT2D eigenvalue weighted by Gasteiger charge is -2.08. The minimum atomic E-state index is 0.122. The molecule has 0 atom stereocenters. The highest BCUT2D eigenvalue weighted by molar-refractivity contribution is 7.99. The molecule has 1 heterocycles. The second-order valence-corrected chi connectivity index (χ2v) is 6.27. The van der Waals surface area contributed by atoms with Crippen molar-refractivity contribution in [2.45, 2.75) is 39.8 Å². The molecule has 1 aromatic carbocycles. The third kappa shape index (κ3) is 3.70. The molecule has 0 amide bonds. The van der Waals surface area contributed by atoms with Gasteiger partial charge in [-0.2, -0.15) is 0 Å². The van der Waals surface area contributed by atoms with Crippen LogP contribution in [0.25, 0.3) is 0 Å². The molecule has 0 unspecified atom stereocenters. The maximum Gasteiger partial charge on any atom is 0.188 e. The summed E-state index contributed by atoms with van der Waals surface area (Å²) in [6, 6.07) is 5.91. The van der Waals surface area contributed by atoms with Gasteiger partial charge in [0.25, 0.3) is 0 Å². The van der Waals surface area contributed by atoms with Crippen LogP contribution in [0.5, 0.6) is 0 Å². The van der Waals surface area contributed by atoms with Crippen LogP contribution in [0, 0.1) is 34.6 Å². The fourth-order valence-corrected chi connectivity index (χ4v) is 2.96. The number of rotatable bonds is 4. The third-order valence-corrected chi connectivity index (χ3v) is 4.47. The Bertz CT molecular complexity index is 672. The molecule has 2 aromatic rings. The Morgan fingerprint density at radius 3 is 2.24 bits per heavy atom. The lowest BCUT2D eigenvalue weighted by Crippen LogP contribution is -2.06. The SMILES string of the molecule is Cc1ccc(C(=O)CSc2nc(C)c(C)c(C)n2)c(C)c1. The van der Waals surface area contributed by atoms with E-state index in [2.05, 4.69) is 9.97 Å². The average molecular weight is 300 g/mol. The van der Waals surface area contributed by atoms with Crippen LogP contribution in [-0.4, -0.2) is 21.5 Å². The van der Waals surface area contributed by atoms with E-state index in [-0.39, 0.29) is 5.78 Å². The van der Waals surface area contributed by atoms with Crippen molar-refractivity contribution < 1.29 is 4.79 Å². The van der Waals surface area contributed by atoms with Gasteiger partial charge < -0.3 is 0 Å². The average Bonchev–Trinajstić information content (AvgIpc) is 2.42.